The van der Waals surface area contributed by atoms with Crippen molar-refractivity contribution >= 4 is 17.5 Å². The van der Waals surface area contributed by atoms with E-state index in [9.17, 15) is 19.1 Å². The van der Waals surface area contributed by atoms with E-state index in [0.717, 1.165) is 6.42 Å². The molecule has 1 aliphatic rings. The second-order valence-corrected chi connectivity index (χ2v) is 6.35. The molecule has 0 aliphatic carbocycles. The number of amides is 2. The molecule has 0 unspecified atom stereocenters. The van der Waals surface area contributed by atoms with Crippen molar-refractivity contribution in [1.82, 2.24) is 5.32 Å². The predicted molar refractivity (Wildman–Crippen MR) is 97.7 cm³/mol. The number of aliphatic hydroxyl groups is 1. The zero-order valence-electron chi connectivity index (χ0n) is 14.7. The molecule has 0 saturated carbocycles. The van der Waals surface area contributed by atoms with Crippen LogP contribution in [0.3, 0.4) is 0 Å². The third-order valence-corrected chi connectivity index (χ3v) is 4.33. The molecule has 7 heteroatoms. The van der Waals surface area contributed by atoms with Gasteiger partial charge in [0.15, 0.2) is 0 Å². The van der Waals surface area contributed by atoms with Crippen molar-refractivity contribution < 1.29 is 23.8 Å². The molecule has 6 nitrogen and oxygen atoms in total. The van der Waals surface area contributed by atoms with Crippen LogP contribution in [-0.4, -0.2) is 36.2 Å². The lowest BCUT2D eigenvalue weighted by atomic mass is 10.1. The van der Waals surface area contributed by atoms with Gasteiger partial charge < -0.3 is 20.5 Å². The van der Waals surface area contributed by atoms with Crippen LogP contribution >= 0.6 is 0 Å². The van der Waals surface area contributed by atoms with Gasteiger partial charge in [-0.05, 0) is 48.7 Å². The van der Waals surface area contributed by atoms with Gasteiger partial charge in [0.25, 0.3) is 11.8 Å². The highest BCUT2D eigenvalue weighted by molar-refractivity contribution is 5.98. The highest BCUT2D eigenvalue weighted by Gasteiger charge is 2.23. The van der Waals surface area contributed by atoms with Crippen LogP contribution in [0.15, 0.2) is 48.5 Å². The van der Waals surface area contributed by atoms with E-state index >= 15 is 0 Å². The van der Waals surface area contributed by atoms with Crippen LogP contribution in [0.5, 0.6) is 0 Å². The molecule has 1 heterocycles. The third kappa shape index (κ3) is 5.12. The van der Waals surface area contributed by atoms with E-state index in [-0.39, 0.29) is 18.4 Å². The first-order chi connectivity index (χ1) is 13.0. The van der Waals surface area contributed by atoms with E-state index in [0.29, 0.717) is 29.8 Å². The molecule has 0 aromatic heterocycles. The number of nitrogens with one attached hydrogen (secondary N) is 2. The van der Waals surface area contributed by atoms with Gasteiger partial charge in [0, 0.05) is 24.4 Å². The third-order valence-electron chi connectivity index (χ3n) is 4.33. The molecule has 1 fully saturated rings. The molecule has 3 N–H and O–H groups in total. The van der Waals surface area contributed by atoms with E-state index in [1.165, 1.54) is 24.3 Å². The first-order valence-electron chi connectivity index (χ1n) is 8.77. The zero-order valence-corrected chi connectivity index (χ0v) is 14.7. The van der Waals surface area contributed by atoms with Crippen LogP contribution in [0.1, 0.15) is 34.9 Å². The molecule has 2 aromatic carbocycles. The number of anilines is 1. The predicted octanol–water partition coefficient (Wildman–Crippen LogP) is 2.41. The largest absolute Gasteiger partial charge is 0.387 e. The minimum atomic E-state index is -0.947. The van der Waals surface area contributed by atoms with E-state index in [1.807, 2.05) is 0 Å². The molecule has 142 valence electrons. The molecule has 1 aliphatic heterocycles. The maximum Gasteiger partial charge on any atom is 0.253 e. The number of hydrogen-bond acceptors (Lipinski definition) is 4. The van der Waals surface area contributed by atoms with Crippen molar-refractivity contribution in [2.75, 3.05) is 18.5 Å². The Morgan fingerprint density at radius 1 is 1.22 bits per heavy atom. The molecule has 2 atom stereocenters. The van der Waals surface area contributed by atoms with E-state index in [2.05, 4.69) is 10.6 Å². The van der Waals surface area contributed by atoms with Gasteiger partial charge in [0.1, 0.15) is 11.9 Å². The summed E-state index contributed by atoms with van der Waals surface area (Å²) in [5.41, 5.74) is 1.36. The summed E-state index contributed by atoms with van der Waals surface area (Å²) in [6.07, 6.45) is 0.148. The Bertz CT molecular complexity index is 804. The van der Waals surface area contributed by atoms with Crippen molar-refractivity contribution in [1.29, 1.82) is 0 Å². The molecule has 1 saturated heterocycles. The number of ether oxygens (including phenoxy) is 1. The maximum atomic E-state index is 12.9. The van der Waals surface area contributed by atoms with Gasteiger partial charge in [-0.25, -0.2) is 4.39 Å². The van der Waals surface area contributed by atoms with Gasteiger partial charge in [-0.3, -0.25) is 9.59 Å². The topological polar surface area (TPSA) is 87.7 Å². The minimum absolute atomic E-state index is 0.0169. The van der Waals surface area contributed by atoms with Crippen LogP contribution in [-0.2, 0) is 9.53 Å². The van der Waals surface area contributed by atoms with Gasteiger partial charge in [-0.15, -0.1) is 0 Å². The maximum absolute atomic E-state index is 12.9. The lowest BCUT2D eigenvalue weighted by Gasteiger charge is -2.13. The quantitative estimate of drug-likeness (QED) is 0.727. The van der Waals surface area contributed by atoms with Gasteiger partial charge >= 0.3 is 0 Å². The molecule has 0 spiro atoms. The van der Waals surface area contributed by atoms with Gasteiger partial charge in [-0.2, -0.15) is 0 Å². The second-order valence-electron chi connectivity index (χ2n) is 6.35. The summed E-state index contributed by atoms with van der Waals surface area (Å²) in [5, 5.41) is 15.5. The molecule has 0 bridgehead atoms. The summed E-state index contributed by atoms with van der Waals surface area (Å²) in [4.78, 5) is 24.4. The molecule has 0 radical (unpaired) electrons. The molecule has 2 aromatic rings. The number of benzene rings is 2. The minimum Gasteiger partial charge on any atom is -0.387 e. The fourth-order valence-corrected chi connectivity index (χ4v) is 2.84. The second kappa shape index (κ2) is 8.75. The van der Waals surface area contributed by atoms with Crippen LogP contribution in [0.25, 0.3) is 0 Å². The van der Waals surface area contributed by atoms with E-state index in [1.54, 1.807) is 24.3 Å². The Labute approximate surface area is 156 Å². The van der Waals surface area contributed by atoms with E-state index in [4.69, 9.17) is 4.74 Å². The normalized spacial score (nSPS) is 17.3. The number of aliphatic hydroxyl groups excluding tert-OH is 1. The first-order valence-corrected chi connectivity index (χ1v) is 8.77. The summed E-state index contributed by atoms with van der Waals surface area (Å²) in [5.74, 6) is -1.00. The molecular formula is C20H21FN2O4. The summed E-state index contributed by atoms with van der Waals surface area (Å²) in [7, 11) is 0. The highest BCUT2D eigenvalue weighted by atomic mass is 19.1. The monoisotopic (exact) mass is 372 g/mol. The average molecular weight is 372 g/mol. The fourth-order valence-electron chi connectivity index (χ4n) is 2.84. The summed E-state index contributed by atoms with van der Waals surface area (Å²) < 4.78 is 18.3. The van der Waals surface area contributed by atoms with Crippen LogP contribution in [0.2, 0.25) is 0 Å². The number of hydrogen-bond donors (Lipinski definition) is 3. The van der Waals surface area contributed by atoms with Crippen LogP contribution in [0, 0.1) is 5.82 Å². The molecular weight excluding hydrogens is 351 g/mol. The van der Waals surface area contributed by atoms with Crippen molar-refractivity contribution in [3.05, 3.63) is 65.5 Å². The Balaban J connectivity index is 1.56. The Morgan fingerprint density at radius 3 is 2.70 bits per heavy atom. The van der Waals surface area contributed by atoms with Crippen molar-refractivity contribution in [3.8, 4) is 0 Å². The number of halogens is 1. The van der Waals surface area contributed by atoms with E-state index < -0.39 is 18.0 Å². The average Bonchev–Trinajstić information content (AvgIpc) is 3.21. The van der Waals surface area contributed by atoms with Gasteiger partial charge in [-0.1, -0.05) is 18.2 Å². The zero-order chi connectivity index (χ0) is 19.2. The molecule has 27 heavy (non-hydrogen) atoms. The van der Waals surface area contributed by atoms with Crippen molar-refractivity contribution in [3.63, 3.8) is 0 Å². The summed E-state index contributed by atoms with van der Waals surface area (Å²) in [6.45, 7) is 0.563. The number of rotatable bonds is 6. The standard InChI is InChI=1S/C20H21FN2O4/c21-15-8-6-13(7-9-15)17(24)12-22-19(25)14-3-1-4-16(11-14)23-20(26)18-5-2-10-27-18/h1,3-4,6-9,11,17-18,24H,2,5,10,12H2,(H,22,25)(H,23,26)/t17-,18-/m0/s1. The lowest BCUT2D eigenvalue weighted by Crippen LogP contribution is -2.29. The Hall–Kier alpha value is -2.77. The van der Waals surface area contributed by atoms with Crippen molar-refractivity contribution in [2.24, 2.45) is 0 Å². The first kappa shape index (κ1) is 19.0. The van der Waals surface area contributed by atoms with Gasteiger partial charge in [0.05, 0.1) is 6.10 Å². The smallest absolute Gasteiger partial charge is 0.253 e. The van der Waals surface area contributed by atoms with Crippen LogP contribution < -0.4 is 10.6 Å². The molecule has 3 rings (SSSR count). The summed E-state index contributed by atoms with van der Waals surface area (Å²) >= 11 is 0. The SMILES string of the molecule is O=C(NC[C@H](O)c1ccc(F)cc1)c1cccc(NC(=O)[C@@H]2CCCO2)c1. The van der Waals surface area contributed by atoms with Crippen molar-refractivity contribution in [2.45, 2.75) is 25.0 Å². The lowest BCUT2D eigenvalue weighted by molar-refractivity contribution is -0.124. The fraction of sp³-hybridized carbons (Fsp3) is 0.300. The number of carbonyl (C=O) groups excluding carboxylic acids is 2. The Kier molecular flexibility index (Phi) is 6.16. The number of carbonyl (C=O) groups is 2. The Morgan fingerprint density at radius 2 is 2.00 bits per heavy atom. The molecule has 2 amide bonds. The van der Waals surface area contributed by atoms with Crippen LogP contribution in [0.4, 0.5) is 10.1 Å². The summed E-state index contributed by atoms with van der Waals surface area (Å²) in [6, 6.07) is 12.0. The highest BCUT2D eigenvalue weighted by Crippen LogP contribution is 2.17. The van der Waals surface area contributed by atoms with Gasteiger partial charge in [0.2, 0.25) is 0 Å².